The lowest BCUT2D eigenvalue weighted by Crippen LogP contribution is -2.54. The first-order valence-corrected chi connectivity index (χ1v) is 7.43. The standard InChI is InChI=1S/C15H30N2/c1-12-7-8-14(12)17-9-5-6-13(10-17)16-11-15(2,3)4/h12-14,16H,5-11H2,1-4H3. The van der Waals surface area contributed by atoms with Gasteiger partial charge in [-0.2, -0.15) is 0 Å². The average molecular weight is 238 g/mol. The quantitative estimate of drug-likeness (QED) is 0.813. The van der Waals surface area contributed by atoms with Crippen molar-refractivity contribution in [1.82, 2.24) is 10.2 Å². The van der Waals surface area contributed by atoms with Gasteiger partial charge in [-0.1, -0.05) is 27.7 Å². The summed E-state index contributed by atoms with van der Waals surface area (Å²) in [6, 6.07) is 1.63. The first-order valence-electron chi connectivity index (χ1n) is 7.43. The lowest BCUT2D eigenvalue weighted by molar-refractivity contribution is 0.0430. The molecule has 2 nitrogen and oxygen atoms in total. The fraction of sp³-hybridized carbons (Fsp3) is 1.00. The zero-order valence-electron chi connectivity index (χ0n) is 12.1. The summed E-state index contributed by atoms with van der Waals surface area (Å²) in [6.07, 6.45) is 5.63. The van der Waals surface area contributed by atoms with Crippen molar-refractivity contribution < 1.29 is 0 Å². The normalized spacial score (nSPS) is 35.6. The van der Waals surface area contributed by atoms with Crippen molar-refractivity contribution in [3.8, 4) is 0 Å². The van der Waals surface area contributed by atoms with Gasteiger partial charge >= 0.3 is 0 Å². The van der Waals surface area contributed by atoms with Gasteiger partial charge in [0.05, 0.1) is 0 Å². The molecule has 1 aliphatic carbocycles. The van der Waals surface area contributed by atoms with E-state index >= 15 is 0 Å². The zero-order valence-corrected chi connectivity index (χ0v) is 12.1. The highest BCUT2D eigenvalue weighted by Gasteiger charge is 2.34. The van der Waals surface area contributed by atoms with Crippen LogP contribution in [0, 0.1) is 11.3 Å². The summed E-state index contributed by atoms with van der Waals surface area (Å²) >= 11 is 0. The van der Waals surface area contributed by atoms with Gasteiger partial charge in [-0.15, -0.1) is 0 Å². The van der Waals surface area contributed by atoms with Gasteiger partial charge in [-0.25, -0.2) is 0 Å². The minimum atomic E-state index is 0.409. The van der Waals surface area contributed by atoms with Crippen molar-refractivity contribution in [3.63, 3.8) is 0 Å². The van der Waals surface area contributed by atoms with E-state index < -0.39 is 0 Å². The monoisotopic (exact) mass is 238 g/mol. The van der Waals surface area contributed by atoms with Crippen molar-refractivity contribution in [2.45, 2.75) is 65.5 Å². The topological polar surface area (TPSA) is 15.3 Å². The molecule has 1 N–H and O–H groups in total. The van der Waals surface area contributed by atoms with Crippen molar-refractivity contribution in [3.05, 3.63) is 0 Å². The van der Waals surface area contributed by atoms with E-state index in [9.17, 15) is 0 Å². The number of likely N-dealkylation sites (tertiary alicyclic amines) is 1. The number of nitrogens with one attached hydrogen (secondary N) is 1. The smallest absolute Gasteiger partial charge is 0.0195 e. The molecule has 0 spiro atoms. The van der Waals surface area contributed by atoms with Crippen LogP contribution in [0.3, 0.4) is 0 Å². The predicted octanol–water partition coefficient (Wildman–Crippen LogP) is 2.89. The second-order valence-electron chi connectivity index (χ2n) is 7.40. The molecule has 2 aliphatic rings. The van der Waals surface area contributed by atoms with E-state index in [4.69, 9.17) is 0 Å². The zero-order chi connectivity index (χ0) is 12.5. The highest BCUT2D eigenvalue weighted by atomic mass is 15.2. The lowest BCUT2D eigenvalue weighted by Gasteiger charge is -2.46. The molecule has 0 amide bonds. The number of hydrogen-bond acceptors (Lipinski definition) is 2. The van der Waals surface area contributed by atoms with Crippen LogP contribution in [0.1, 0.15) is 53.4 Å². The maximum Gasteiger partial charge on any atom is 0.0195 e. The van der Waals surface area contributed by atoms with Crippen LogP contribution in [0.15, 0.2) is 0 Å². The number of rotatable bonds is 3. The average Bonchev–Trinajstić information content (AvgIpc) is 2.24. The Bertz CT molecular complexity index is 244. The Morgan fingerprint density at radius 2 is 1.94 bits per heavy atom. The molecule has 0 aromatic carbocycles. The van der Waals surface area contributed by atoms with Crippen LogP contribution in [0.25, 0.3) is 0 Å². The Balaban J connectivity index is 1.77. The molecule has 0 bridgehead atoms. The molecule has 2 heteroatoms. The van der Waals surface area contributed by atoms with Gasteiger partial charge < -0.3 is 5.32 Å². The number of nitrogens with zero attached hydrogens (tertiary/aromatic N) is 1. The van der Waals surface area contributed by atoms with Crippen molar-refractivity contribution in [2.75, 3.05) is 19.6 Å². The van der Waals surface area contributed by atoms with Crippen LogP contribution >= 0.6 is 0 Å². The van der Waals surface area contributed by atoms with Gasteiger partial charge in [0.25, 0.3) is 0 Å². The molecular weight excluding hydrogens is 208 g/mol. The fourth-order valence-corrected chi connectivity index (χ4v) is 3.12. The van der Waals surface area contributed by atoms with E-state index in [0.717, 1.165) is 24.5 Å². The number of hydrogen-bond donors (Lipinski definition) is 1. The predicted molar refractivity (Wildman–Crippen MR) is 74.2 cm³/mol. The summed E-state index contributed by atoms with van der Waals surface area (Å²) in [5, 5.41) is 3.77. The Morgan fingerprint density at radius 3 is 2.47 bits per heavy atom. The second-order valence-corrected chi connectivity index (χ2v) is 7.40. The fourth-order valence-electron chi connectivity index (χ4n) is 3.12. The van der Waals surface area contributed by atoms with Gasteiger partial charge in [-0.3, -0.25) is 4.90 Å². The van der Waals surface area contributed by atoms with Crippen molar-refractivity contribution >= 4 is 0 Å². The first kappa shape index (κ1) is 13.4. The minimum Gasteiger partial charge on any atom is -0.312 e. The molecule has 2 rings (SSSR count). The third-order valence-corrected chi connectivity index (χ3v) is 4.42. The molecule has 100 valence electrons. The van der Waals surface area contributed by atoms with E-state index in [1.54, 1.807) is 0 Å². The van der Waals surface area contributed by atoms with Crippen molar-refractivity contribution in [2.24, 2.45) is 11.3 Å². The maximum absolute atomic E-state index is 3.77. The van der Waals surface area contributed by atoms with E-state index in [0.29, 0.717) is 5.41 Å². The van der Waals surface area contributed by atoms with E-state index in [1.165, 1.54) is 38.8 Å². The van der Waals surface area contributed by atoms with E-state index in [1.807, 2.05) is 0 Å². The summed E-state index contributed by atoms with van der Waals surface area (Å²) < 4.78 is 0. The summed E-state index contributed by atoms with van der Waals surface area (Å²) in [5.74, 6) is 0.941. The summed E-state index contributed by atoms with van der Waals surface area (Å²) in [5.41, 5.74) is 0.409. The lowest BCUT2D eigenvalue weighted by atomic mass is 9.79. The maximum atomic E-state index is 3.77. The molecule has 1 aliphatic heterocycles. The number of piperidine rings is 1. The third-order valence-electron chi connectivity index (χ3n) is 4.42. The molecule has 3 unspecified atom stereocenters. The van der Waals surface area contributed by atoms with Crippen LogP contribution in [0.5, 0.6) is 0 Å². The Morgan fingerprint density at radius 1 is 1.18 bits per heavy atom. The molecule has 1 saturated carbocycles. The highest BCUT2D eigenvalue weighted by molar-refractivity contribution is 4.90. The Hall–Kier alpha value is -0.0800. The molecule has 17 heavy (non-hydrogen) atoms. The van der Waals surface area contributed by atoms with Crippen LogP contribution in [0.2, 0.25) is 0 Å². The van der Waals surface area contributed by atoms with Crippen LogP contribution in [-0.4, -0.2) is 36.6 Å². The molecule has 1 heterocycles. The first-order chi connectivity index (χ1) is 7.96. The highest BCUT2D eigenvalue weighted by Crippen LogP contribution is 2.33. The van der Waals surface area contributed by atoms with Gasteiger partial charge in [0.15, 0.2) is 0 Å². The molecule has 1 saturated heterocycles. The van der Waals surface area contributed by atoms with Crippen molar-refractivity contribution in [1.29, 1.82) is 0 Å². The molecule has 0 radical (unpaired) electrons. The third kappa shape index (κ3) is 3.69. The largest absolute Gasteiger partial charge is 0.312 e. The Labute approximate surface area is 107 Å². The minimum absolute atomic E-state index is 0.409. The van der Waals surface area contributed by atoms with Crippen LogP contribution < -0.4 is 5.32 Å². The van der Waals surface area contributed by atoms with E-state index in [-0.39, 0.29) is 0 Å². The summed E-state index contributed by atoms with van der Waals surface area (Å²) in [4.78, 5) is 2.75. The van der Waals surface area contributed by atoms with Gasteiger partial charge in [0.2, 0.25) is 0 Å². The van der Waals surface area contributed by atoms with Gasteiger partial charge in [-0.05, 0) is 43.6 Å². The second kappa shape index (κ2) is 5.27. The van der Waals surface area contributed by atoms with E-state index in [2.05, 4.69) is 37.9 Å². The van der Waals surface area contributed by atoms with Crippen LogP contribution in [-0.2, 0) is 0 Å². The molecular formula is C15H30N2. The van der Waals surface area contributed by atoms with Gasteiger partial charge in [0, 0.05) is 25.2 Å². The summed E-state index contributed by atoms with van der Waals surface area (Å²) in [6.45, 7) is 13.1. The SMILES string of the molecule is CC1CCC1N1CCCC(NCC(C)(C)C)C1. The Kier molecular flexibility index (Phi) is 4.14. The molecule has 0 aromatic rings. The molecule has 2 fully saturated rings. The van der Waals surface area contributed by atoms with Gasteiger partial charge in [0.1, 0.15) is 0 Å². The molecule has 0 aromatic heterocycles. The molecule has 3 atom stereocenters. The summed E-state index contributed by atoms with van der Waals surface area (Å²) in [7, 11) is 0. The van der Waals surface area contributed by atoms with Crippen LogP contribution in [0.4, 0.5) is 0 Å².